The van der Waals surface area contributed by atoms with Crippen LogP contribution in [0.2, 0.25) is 0 Å². The topological polar surface area (TPSA) is 112 Å². The second-order valence-corrected chi connectivity index (χ2v) is 9.57. The third-order valence-corrected chi connectivity index (χ3v) is 6.80. The molecule has 202 valence electrons. The molecule has 0 saturated carbocycles. The van der Waals surface area contributed by atoms with Gasteiger partial charge in [0.25, 0.3) is 0 Å². The number of benzene rings is 1. The quantitative estimate of drug-likeness (QED) is 0.339. The molecule has 1 aromatic rings. The lowest BCUT2D eigenvalue weighted by atomic mass is 9.88. The van der Waals surface area contributed by atoms with Crippen LogP contribution in [-0.2, 0) is 9.47 Å². The van der Waals surface area contributed by atoms with Crippen LogP contribution in [0.3, 0.4) is 0 Å². The maximum absolute atomic E-state index is 14.0. The lowest BCUT2D eigenvalue weighted by Crippen LogP contribution is -2.52. The molecule has 11 heteroatoms. The molecule has 36 heavy (non-hydrogen) atoms. The van der Waals surface area contributed by atoms with Gasteiger partial charge in [0.2, 0.25) is 0 Å². The van der Waals surface area contributed by atoms with Gasteiger partial charge in [-0.15, -0.1) is 0 Å². The molecule has 3 atom stereocenters. The Balaban J connectivity index is 1.65. The van der Waals surface area contributed by atoms with E-state index in [1.165, 1.54) is 12.1 Å². The second kappa shape index (κ2) is 14.3. The van der Waals surface area contributed by atoms with Gasteiger partial charge >= 0.3 is 12.1 Å². The van der Waals surface area contributed by atoms with E-state index in [2.05, 4.69) is 16.0 Å². The number of likely N-dealkylation sites (tertiary alicyclic amines) is 1. The second-order valence-electron chi connectivity index (χ2n) is 9.57. The molecule has 9 nitrogen and oxygen atoms in total. The summed E-state index contributed by atoms with van der Waals surface area (Å²) < 4.78 is 39.4. The highest BCUT2D eigenvalue weighted by Crippen LogP contribution is 2.34. The van der Waals surface area contributed by atoms with Crippen LogP contribution in [0, 0.1) is 23.5 Å². The van der Waals surface area contributed by atoms with Crippen molar-refractivity contribution in [3.8, 4) is 0 Å². The summed E-state index contributed by atoms with van der Waals surface area (Å²) in [6.07, 6.45) is 2.42. The monoisotopic (exact) mass is 512 g/mol. The summed E-state index contributed by atoms with van der Waals surface area (Å²) in [7, 11) is 1.86. The van der Waals surface area contributed by atoms with Gasteiger partial charge in [0.05, 0.1) is 12.7 Å². The minimum atomic E-state index is -1.18. The number of carbonyl (C=O) groups is 2. The van der Waals surface area contributed by atoms with Gasteiger partial charge in [0.1, 0.15) is 11.6 Å². The minimum absolute atomic E-state index is 0.0163. The van der Waals surface area contributed by atoms with Crippen molar-refractivity contribution in [3.63, 3.8) is 0 Å². The first-order chi connectivity index (χ1) is 17.4. The molecule has 2 aliphatic heterocycles. The zero-order valence-electron chi connectivity index (χ0n) is 20.8. The van der Waals surface area contributed by atoms with Gasteiger partial charge in [-0.2, -0.15) is 0 Å². The summed E-state index contributed by atoms with van der Waals surface area (Å²) >= 11 is 0. The molecule has 2 aliphatic rings. The largest absolute Gasteiger partial charge is 0.465 e. The maximum atomic E-state index is 14.0. The number of piperidine rings is 1. The molecule has 2 saturated heterocycles. The van der Waals surface area contributed by atoms with Crippen molar-refractivity contribution in [2.24, 2.45) is 11.8 Å². The van der Waals surface area contributed by atoms with E-state index in [0.29, 0.717) is 37.5 Å². The molecular formula is C25H38F2N4O5. The third-order valence-electron chi connectivity index (χ3n) is 6.80. The van der Waals surface area contributed by atoms with E-state index in [4.69, 9.17) is 14.6 Å². The number of carboxylic acid groups (broad SMARTS) is 1. The van der Waals surface area contributed by atoms with Crippen molar-refractivity contribution in [2.75, 3.05) is 53.0 Å². The van der Waals surface area contributed by atoms with Gasteiger partial charge in [-0.1, -0.05) is 0 Å². The highest BCUT2D eigenvalue weighted by molar-refractivity contribution is 5.74. The van der Waals surface area contributed by atoms with Crippen LogP contribution >= 0.6 is 0 Å². The Labute approximate surface area is 210 Å². The van der Waals surface area contributed by atoms with Crippen LogP contribution in [0.1, 0.15) is 43.8 Å². The van der Waals surface area contributed by atoms with Gasteiger partial charge in [-0.05, 0) is 62.8 Å². The molecule has 0 spiro atoms. The number of urea groups is 1. The predicted octanol–water partition coefficient (Wildman–Crippen LogP) is 3.12. The summed E-state index contributed by atoms with van der Waals surface area (Å²) in [5.41, 5.74) is 0.336. The highest BCUT2D eigenvalue weighted by atomic mass is 19.1. The normalized spacial score (nSPS) is 20.5. The third kappa shape index (κ3) is 8.86. The molecule has 4 N–H and O–H groups in total. The number of hydrogen-bond acceptors (Lipinski definition) is 5. The van der Waals surface area contributed by atoms with Crippen molar-refractivity contribution in [2.45, 2.75) is 44.2 Å². The maximum Gasteiger partial charge on any atom is 0.404 e. The smallest absolute Gasteiger partial charge is 0.404 e. The van der Waals surface area contributed by atoms with Gasteiger partial charge in [-0.25, -0.2) is 18.4 Å². The first-order valence-electron chi connectivity index (χ1n) is 12.7. The van der Waals surface area contributed by atoms with E-state index in [1.54, 1.807) is 4.90 Å². The van der Waals surface area contributed by atoms with Crippen molar-refractivity contribution in [1.82, 2.24) is 20.9 Å². The van der Waals surface area contributed by atoms with E-state index in [9.17, 15) is 18.4 Å². The summed E-state index contributed by atoms with van der Waals surface area (Å²) in [6.45, 7) is 3.18. The van der Waals surface area contributed by atoms with Gasteiger partial charge < -0.3 is 35.4 Å². The summed E-state index contributed by atoms with van der Waals surface area (Å²) in [5, 5.41) is 17.3. The van der Waals surface area contributed by atoms with Crippen LogP contribution in [0.5, 0.6) is 0 Å². The standard InChI is InChI=1S/C25H38F2N4O5/c1-28-15-22(11-17-4-8-35-9-5-17)30-24(32)31-7-2-3-18(16-31)23(36-10-6-29-25(33)34)19-12-20(26)14-21(27)13-19/h12-14,17-18,22-23,28-29H,2-11,15-16H2,1H3,(H,30,32)(H,33,34)/t18-,22+,23-/m1/s1. The first-order valence-corrected chi connectivity index (χ1v) is 12.7. The number of nitrogens with one attached hydrogen (secondary N) is 3. The zero-order chi connectivity index (χ0) is 25.9. The van der Waals surface area contributed by atoms with Crippen LogP contribution in [0.15, 0.2) is 18.2 Å². The Morgan fingerprint density at radius 1 is 1.19 bits per heavy atom. The lowest BCUT2D eigenvalue weighted by molar-refractivity contribution is -0.00887. The van der Waals surface area contributed by atoms with Crippen molar-refractivity contribution >= 4 is 12.1 Å². The lowest BCUT2D eigenvalue weighted by Gasteiger charge is -2.38. The Hall–Kier alpha value is -2.50. The number of amides is 3. The molecule has 3 amide bonds. The average Bonchev–Trinajstić information content (AvgIpc) is 2.84. The molecule has 0 aliphatic carbocycles. The number of ether oxygens (including phenoxy) is 2. The van der Waals surface area contributed by atoms with Gasteiger partial charge in [-0.3, -0.25) is 0 Å². The Bertz CT molecular complexity index is 835. The first kappa shape index (κ1) is 28.1. The Morgan fingerprint density at radius 2 is 1.92 bits per heavy atom. The van der Waals surface area contributed by atoms with Crippen LogP contribution < -0.4 is 16.0 Å². The summed E-state index contributed by atoms with van der Waals surface area (Å²) in [4.78, 5) is 25.7. The number of nitrogens with zero attached hydrogens (tertiary/aromatic N) is 1. The van der Waals surface area contributed by atoms with E-state index in [0.717, 1.165) is 45.0 Å². The number of halogens is 2. The van der Waals surface area contributed by atoms with Crippen molar-refractivity contribution in [3.05, 3.63) is 35.4 Å². The van der Waals surface area contributed by atoms with Gasteiger partial charge in [0.15, 0.2) is 0 Å². The molecule has 0 aromatic heterocycles. The average molecular weight is 513 g/mol. The van der Waals surface area contributed by atoms with Crippen LogP contribution in [0.25, 0.3) is 0 Å². The number of likely N-dealkylation sites (N-methyl/N-ethyl adjacent to an activating group) is 1. The summed E-state index contributed by atoms with van der Waals surface area (Å²) in [6, 6.07) is 3.08. The van der Waals surface area contributed by atoms with Crippen LogP contribution in [-0.4, -0.2) is 81.2 Å². The number of hydrogen-bond donors (Lipinski definition) is 4. The van der Waals surface area contributed by atoms with Crippen molar-refractivity contribution in [1.29, 1.82) is 0 Å². The highest BCUT2D eigenvalue weighted by Gasteiger charge is 2.32. The fourth-order valence-electron chi connectivity index (χ4n) is 5.12. The molecule has 3 rings (SSSR count). The van der Waals surface area contributed by atoms with Gasteiger partial charge in [0, 0.05) is 57.4 Å². The molecule has 0 bridgehead atoms. The Morgan fingerprint density at radius 3 is 2.58 bits per heavy atom. The molecule has 0 radical (unpaired) electrons. The minimum Gasteiger partial charge on any atom is -0.465 e. The van der Waals surface area contributed by atoms with E-state index in [-0.39, 0.29) is 31.1 Å². The number of carbonyl (C=O) groups excluding carboxylic acids is 1. The van der Waals surface area contributed by atoms with E-state index >= 15 is 0 Å². The van der Waals surface area contributed by atoms with E-state index in [1.807, 2.05) is 7.05 Å². The molecule has 2 heterocycles. The zero-order valence-corrected chi connectivity index (χ0v) is 20.8. The molecule has 1 aromatic carbocycles. The Kier molecular flexibility index (Phi) is 11.1. The van der Waals surface area contributed by atoms with E-state index < -0.39 is 23.8 Å². The molecule has 2 fully saturated rings. The molecule has 0 unspecified atom stereocenters. The molecular weight excluding hydrogens is 474 g/mol. The summed E-state index contributed by atoms with van der Waals surface area (Å²) in [5.74, 6) is -1.12. The predicted molar refractivity (Wildman–Crippen MR) is 130 cm³/mol. The SMILES string of the molecule is CNC[C@H](CC1CCOCC1)NC(=O)N1CCC[C@@H]([C@@H](OCCNC(=O)O)c2cc(F)cc(F)c2)C1. The fourth-order valence-corrected chi connectivity index (χ4v) is 5.12. The number of rotatable bonds is 11. The fraction of sp³-hybridized carbons (Fsp3) is 0.680. The van der Waals surface area contributed by atoms with Crippen molar-refractivity contribution < 1.29 is 33.0 Å². The van der Waals surface area contributed by atoms with Crippen LogP contribution in [0.4, 0.5) is 18.4 Å².